The van der Waals surface area contributed by atoms with Crippen molar-refractivity contribution in [2.45, 2.75) is 31.2 Å². The third-order valence-electron chi connectivity index (χ3n) is 3.44. The Kier molecular flexibility index (Phi) is 6.04. The van der Waals surface area contributed by atoms with Crippen molar-refractivity contribution in [2.75, 3.05) is 7.05 Å². The Balaban J connectivity index is 2.01. The van der Waals surface area contributed by atoms with Crippen LogP contribution < -0.4 is 0 Å². The minimum atomic E-state index is -0.751. The number of hydrogen-bond acceptors (Lipinski definition) is 3. The number of carboxylic acid groups (broad SMARTS) is 1. The number of carboxylic acids is 1. The minimum Gasteiger partial charge on any atom is -0.481 e. The van der Waals surface area contributed by atoms with Gasteiger partial charge in [0.1, 0.15) is 0 Å². The Labute approximate surface area is 136 Å². The molecule has 0 aliphatic rings. The first-order chi connectivity index (χ1) is 10.5. The van der Waals surface area contributed by atoms with E-state index in [2.05, 4.69) is 42.5 Å². The van der Waals surface area contributed by atoms with E-state index in [0.717, 1.165) is 12.1 Å². The third kappa shape index (κ3) is 5.20. The zero-order valence-electron chi connectivity index (χ0n) is 13.0. The summed E-state index contributed by atoms with van der Waals surface area (Å²) in [6.45, 7) is 2.92. The van der Waals surface area contributed by atoms with E-state index in [1.165, 1.54) is 16.0 Å². The van der Waals surface area contributed by atoms with Crippen LogP contribution in [-0.4, -0.2) is 22.4 Å². The molecule has 2 rings (SSSR count). The van der Waals surface area contributed by atoms with Crippen LogP contribution in [0.3, 0.4) is 0 Å². The highest BCUT2D eigenvalue weighted by atomic mass is 32.2. The first-order valence-corrected chi connectivity index (χ1v) is 8.06. The van der Waals surface area contributed by atoms with Gasteiger partial charge >= 0.3 is 5.97 Å². The van der Waals surface area contributed by atoms with Gasteiger partial charge in [-0.15, -0.1) is 0 Å². The van der Waals surface area contributed by atoms with Crippen LogP contribution in [0.2, 0.25) is 0 Å². The van der Waals surface area contributed by atoms with Gasteiger partial charge in [-0.3, -0.25) is 4.79 Å². The molecule has 0 aromatic heterocycles. The topological polar surface area (TPSA) is 40.5 Å². The van der Waals surface area contributed by atoms with Gasteiger partial charge < -0.3 is 5.11 Å². The van der Waals surface area contributed by atoms with E-state index in [9.17, 15) is 4.79 Å². The SMILES string of the molecule is Cc1ccc(CCC(=O)O)cc1CN(C)Sc1ccccc1. The van der Waals surface area contributed by atoms with E-state index in [1.54, 1.807) is 11.9 Å². The predicted octanol–water partition coefficient (Wildman–Crippen LogP) is 4.15. The molecule has 2 aromatic carbocycles. The molecule has 0 saturated carbocycles. The van der Waals surface area contributed by atoms with Crippen LogP contribution in [0, 0.1) is 6.92 Å². The number of hydrogen-bond donors (Lipinski definition) is 1. The molecule has 0 saturated heterocycles. The van der Waals surface area contributed by atoms with E-state index >= 15 is 0 Å². The summed E-state index contributed by atoms with van der Waals surface area (Å²) < 4.78 is 2.19. The molecule has 0 unspecified atom stereocenters. The van der Waals surface area contributed by atoms with Crippen molar-refractivity contribution in [1.29, 1.82) is 0 Å². The van der Waals surface area contributed by atoms with Crippen molar-refractivity contribution in [3.05, 3.63) is 65.2 Å². The smallest absolute Gasteiger partial charge is 0.303 e. The second kappa shape index (κ2) is 8.01. The summed E-state index contributed by atoms with van der Waals surface area (Å²) in [5.41, 5.74) is 3.56. The average Bonchev–Trinajstić information content (AvgIpc) is 2.49. The summed E-state index contributed by atoms with van der Waals surface area (Å²) in [6, 6.07) is 16.5. The van der Waals surface area contributed by atoms with Crippen LogP contribution in [0.25, 0.3) is 0 Å². The zero-order chi connectivity index (χ0) is 15.9. The molecule has 116 valence electrons. The van der Waals surface area contributed by atoms with Gasteiger partial charge in [-0.2, -0.15) is 0 Å². The van der Waals surface area contributed by atoms with Gasteiger partial charge in [-0.05, 0) is 61.2 Å². The highest BCUT2D eigenvalue weighted by molar-refractivity contribution is 7.97. The van der Waals surface area contributed by atoms with E-state index in [1.807, 2.05) is 24.3 Å². The van der Waals surface area contributed by atoms with Crippen molar-refractivity contribution in [3.63, 3.8) is 0 Å². The fraction of sp³-hybridized carbons (Fsp3) is 0.278. The van der Waals surface area contributed by atoms with Gasteiger partial charge in [0.2, 0.25) is 0 Å². The molecule has 2 aromatic rings. The van der Waals surface area contributed by atoms with Crippen LogP contribution in [-0.2, 0) is 17.8 Å². The molecular weight excluding hydrogens is 294 g/mol. The molecule has 0 aliphatic heterocycles. The predicted molar refractivity (Wildman–Crippen MR) is 90.9 cm³/mol. The van der Waals surface area contributed by atoms with Crippen LogP contribution in [0.15, 0.2) is 53.4 Å². The van der Waals surface area contributed by atoms with Gasteiger partial charge in [0, 0.05) is 17.9 Å². The maximum absolute atomic E-state index is 10.7. The molecule has 0 fully saturated rings. The lowest BCUT2D eigenvalue weighted by molar-refractivity contribution is -0.136. The standard InChI is InChI=1S/C18H21NO2S/c1-14-8-9-15(10-11-18(20)21)12-16(14)13-19(2)22-17-6-4-3-5-7-17/h3-9,12H,10-11,13H2,1-2H3,(H,20,21). The lowest BCUT2D eigenvalue weighted by atomic mass is 10.0. The zero-order valence-corrected chi connectivity index (χ0v) is 13.8. The van der Waals surface area contributed by atoms with E-state index in [4.69, 9.17) is 5.11 Å². The van der Waals surface area contributed by atoms with Crippen molar-refractivity contribution in [3.8, 4) is 0 Å². The Hall–Kier alpha value is -1.78. The summed E-state index contributed by atoms with van der Waals surface area (Å²) in [5, 5.41) is 8.80. The Morgan fingerprint density at radius 1 is 1.18 bits per heavy atom. The maximum Gasteiger partial charge on any atom is 0.303 e. The molecule has 3 nitrogen and oxygen atoms in total. The van der Waals surface area contributed by atoms with E-state index in [-0.39, 0.29) is 6.42 Å². The fourth-order valence-corrected chi connectivity index (χ4v) is 3.08. The van der Waals surface area contributed by atoms with Gasteiger partial charge in [-0.1, -0.05) is 36.4 Å². The molecule has 0 radical (unpaired) electrons. The molecule has 0 atom stereocenters. The summed E-state index contributed by atoms with van der Waals surface area (Å²) in [7, 11) is 2.07. The summed E-state index contributed by atoms with van der Waals surface area (Å²) in [5.74, 6) is -0.751. The van der Waals surface area contributed by atoms with Crippen molar-refractivity contribution in [2.24, 2.45) is 0 Å². The molecule has 0 aliphatic carbocycles. The summed E-state index contributed by atoms with van der Waals surface area (Å²) in [4.78, 5) is 11.9. The van der Waals surface area contributed by atoms with E-state index < -0.39 is 5.97 Å². The lowest BCUT2D eigenvalue weighted by Gasteiger charge is -2.17. The molecule has 4 heteroatoms. The molecule has 0 heterocycles. The molecule has 0 spiro atoms. The molecule has 0 bridgehead atoms. The highest BCUT2D eigenvalue weighted by Gasteiger charge is 2.07. The summed E-state index contributed by atoms with van der Waals surface area (Å²) >= 11 is 1.71. The second-order valence-electron chi connectivity index (χ2n) is 5.34. The van der Waals surface area contributed by atoms with Gasteiger partial charge in [-0.25, -0.2) is 4.31 Å². The van der Waals surface area contributed by atoms with Crippen molar-refractivity contribution >= 4 is 17.9 Å². The van der Waals surface area contributed by atoms with Crippen LogP contribution in [0.1, 0.15) is 23.1 Å². The molecule has 22 heavy (non-hydrogen) atoms. The largest absolute Gasteiger partial charge is 0.481 e. The van der Waals surface area contributed by atoms with Crippen LogP contribution in [0.5, 0.6) is 0 Å². The quantitative estimate of drug-likeness (QED) is 0.779. The monoisotopic (exact) mass is 315 g/mol. The first kappa shape index (κ1) is 16.6. The number of benzene rings is 2. The van der Waals surface area contributed by atoms with Gasteiger partial charge in [0.15, 0.2) is 0 Å². The number of rotatable bonds is 7. The van der Waals surface area contributed by atoms with E-state index in [0.29, 0.717) is 6.42 Å². The lowest BCUT2D eigenvalue weighted by Crippen LogP contribution is -2.10. The van der Waals surface area contributed by atoms with Crippen molar-refractivity contribution < 1.29 is 9.90 Å². The maximum atomic E-state index is 10.7. The number of aliphatic carboxylic acids is 1. The van der Waals surface area contributed by atoms with Gasteiger partial charge in [0.25, 0.3) is 0 Å². The normalized spacial score (nSPS) is 10.9. The Morgan fingerprint density at radius 2 is 1.91 bits per heavy atom. The van der Waals surface area contributed by atoms with Crippen molar-refractivity contribution in [1.82, 2.24) is 4.31 Å². The van der Waals surface area contributed by atoms with Crippen LogP contribution in [0.4, 0.5) is 0 Å². The highest BCUT2D eigenvalue weighted by Crippen LogP contribution is 2.24. The summed E-state index contributed by atoms with van der Waals surface area (Å²) in [6.07, 6.45) is 0.759. The molecule has 0 amide bonds. The first-order valence-electron chi connectivity index (χ1n) is 7.29. The number of carbonyl (C=O) groups is 1. The Bertz CT molecular complexity index is 628. The minimum absolute atomic E-state index is 0.178. The number of aryl methyl sites for hydroxylation is 2. The molecule has 1 N–H and O–H groups in total. The van der Waals surface area contributed by atoms with Crippen LogP contribution >= 0.6 is 11.9 Å². The number of nitrogens with zero attached hydrogens (tertiary/aromatic N) is 1. The fourth-order valence-electron chi connectivity index (χ4n) is 2.24. The van der Waals surface area contributed by atoms with Gasteiger partial charge in [0.05, 0.1) is 0 Å². The molecular formula is C18H21NO2S. The second-order valence-corrected chi connectivity index (χ2v) is 6.62. The third-order valence-corrected chi connectivity index (χ3v) is 4.36. The Morgan fingerprint density at radius 3 is 2.59 bits per heavy atom. The average molecular weight is 315 g/mol.